The molecule has 7 nitrogen and oxygen atoms in total. The number of pyridine rings is 1. The zero-order chi connectivity index (χ0) is 19.3. The molecule has 0 aliphatic heterocycles. The first-order chi connectivity index (χ1) is 12.2. The molecular weight excluding hydrogens is 349 g/mol. The summed E-state index contributed by atoms with van der Waals surface area (Å²) in [4.78, 5) is 24.4. The number of nitrogen functional groups attached to an aromatic ring is 1. The lowest BCUT2D eigenvalue weighted by atomic mass is 10.0. The van der Waals surface area contributed by atoms with E-state index in [-0.39, 0.29) is 16.0 Å². The van der Waals surface area contributed by atoms with Crippen LogP contribution in [0.2, 0.25) is 0 Å². The summed E-state index contributed by atoms with van der Waals surface area (Å²) in [7, 11) is 0. The predicted octanol–water partition coefficient (Wildman–Crippen LogP) is 2.97. The number of halogens is 3. The highest BCUT2D eigenvalue weighted by Gasteiger charge is 2.30. The number of nitrogens with one attached hydrogen (secondary N) is 2. The van der Waals surface area contributed by atoms with E-state index in [4.69, 9.17) is 5.73 Å². The Labute approximate surface area is 152 Å². The third kappa shape index (κ3) is 5.30. The van der Waals surface area contributed by atoms with E-state index < -0.39 is 24.7 Å². The Balaban J connectivity index is 0. The molecule has 0 bridgehead atoms. The van der Waals surface area contributed by atoms with E-state index in [0.29, 0.717) is 17.2 Å². The molecule has 0 unspecified atom stereocenters. The summed E-state index contributed by atoms with van der Waals surface area (Å²) < 4.78 is 36.9. The molecule has 1 atom stereocenters. The van der Waals surface area contributed by atoms with Gasteiger partial charge < -0.3 is 16.4 Å². The molecule has 2 aromatic heterocycles. The van der Waals surface area contributed by atoms with Crippen molar-refractivity contribution in [3.63, 3.8) is 0 Å². The highest BCUT2D eigenvalue weighted by Crippen LogP contribution is 2.21. The Bertz CT molecular complexity index is 780. The number of rotatable bonds is 6. The second-order valence-corrected chi connectivity index (χ2v) is 5.90. The molecule has 0 saturated heterocycles. The number of alkyl halides is 3. The normalized spacial score (nSPS) is 12.7. The monoisotopic (exact) mass is 374 g/mol. The second kappa shape index (κ2) is 7.98. The number of nitrogens with two attached hydrogens (primary N) is 1. The quantitative estimate of drug-likeness (QED) is 0.718. The van der Waals surface area contributed by atoms with Gasteiger partial charge in [0.15, 0.2) is 5.82 Å². The molecule has 1 amide bonds. The van der Waals surface area contributed by atoms with Gasteiger partial charge in [0, 0.05) is 16.7 Å². The molecule has 0 aliphatic rings. The molecule has 2 aromatic rings. The van der Waals surface area contributed by atoms with Crippen molar-refractivity contribution < 1.29 is 22.2 Å². The lowest BCUT2D eigenvalue weighted by Gasteiger charge is -2.22. The molecule has 2 heterocycles. The van der Waals surface area contributed by atoms with Crippen LogP contribution in [0.1, 0.15) is 18.1 Å². The third-order valence-electron chi connectivity index (χ3n) is 3.45. The maximum absolute atomic E-state index is 12.3. The maximum atomic E-state index is 12.3. The van der Waals surface area contributed by atoms with E-state index in [1.165, 1.54) is 18.5 Å². The smallest absolute Gasteiger partial charge is 0.383 e. The van der Waals surface area contributed by atoms with Crippen LogP contribution in [-0.2, 0) is 4.79 Å². The number of nitrogens with zero attached hydrogens (tertiary/aromatic N) is 3. The van der Waals surface area contributed by atoms with Gasteiger partial charge in [0.1, 0.15) is 24.2 Å². The van der Waals surface area contributed by atoms with Gasteiger partial charge in [-0.15, -0.1) is 0 Å². The molecule has 4 N–H and O–H groups in total. The molecule has 0 saturated carbocycles. The van der Waals surface area contributed by atoms with Gasteiger partial charge in [0.05, 0.1) is 5.56 Å². The Kier molecular flexibility index (Phi) is 5.96. The first-order valence-corrected chi connectivity index (χ1v) is 7.82. The Morgan fingerprint density at radius 2 is 2.00 bits per heavy atom. The van der Waals surface area contributed by atoms with E-state index in [1.807, 2.05) is 5.32 Å². The number of carbonyl (C=O) groups excluding carboxylic acids is 1. The zero-order valence-corrected chi connectivity index (χ0v) is 14.2. The van der Waals surface area contributed by atoms with Gasteiger partial charge in [-0.1, -0.05) is 13.8 Å². The Morgan fingerprint density at radius 3 is 2.62 bits per heavy atom. The van der Waals surface area contributed by atoms with E-state index >= 15 is 0 Å². The number of hydrogen-bond acceptors (Lipinski definition) is 6. The van der Waals surface area contributed by atoms with Crippen molar-refractivity contribution >= 4 is 17.5 Å². The van der Waals surface area contributed by atoms with Crippen molar-refractivity contribution in [1.29, 1.82) is 0 Å². The van der Waals surface area contributed by atoms with E-state index in [0.717, 1.165) is 0 Å². The van der Waals surface area contributed by atoms with Gasteiger partial charge in [-0.2, -0.15) is 13.2 Å². The standard InChI is InChI=1S/C16H19F3N6O.3H2/c1-9(2)12(15(26)23-8-16(17,18)19)24-11-5-7-22-14(25-11)10-4-3-6-21-13(10)20;;;/h3-7,9,12H,8H2,1-2H3,(H2,20,21)(H,23,26)(H,22,24,25);3*1H/t12-;;;/m0.../s1. The first kappa shape index (κ1) is 19.4. The van der Waals surface area contributed by atoms with Gasteiger partial charge in [-0.25, -0.2) is 15.0 Å². The summed E-state index contributed by atoms with van der Waals surface area (Å²) in [6, 6.07) is 3.99. The number of amides is 1. The number of hydrogen-bond donors (Lipinski definition) is 3. The molecule has 0 aromatic carbocycles. The SMILES string of the molecule is CC(C)[C@H](Nc1ccnc(-c2cccnc2N)n1)C(=O)NCC(F)(F)F.[HH].[HH].[HH]. The fraction of sp³-hybridized carbons (Fsp3) is 0.375. The van der Waals surface area contributed by atoms with Gasteiger partial charge in [-0.05, 0) is 24.1 Å². The maximum Gasteiger partial charge on any atom is 0.405 e. The first-order valence-electron chi connectivity index (χ1n) is 7.82. The molecule has 10 heteroatoms. The fourth-order valence-electron chi connectivity index (χ4n) is 2.17. The summed E-state index contributed by atoms with van der Waals surface area (Å²) >= 11 is 0. The van der Waals surface area contributed by atoms with Crippen LogP contribution in [0.15, 0.2) is 30.6 Å². The van der Waals surface area contributed by atoms with Crippen LogP contribution in [0.4, 0.5) is 24.8 Å². The van der Waals surface area contributed by atoms with Gasteiger partial charge in [-0.3, -0.25) is 4.79 Å². The van der Waals surface area contributed by atoms with Crippen LogP contribution < -0.4 is 16.4 Å². The average molecular weight is 374 g/mol. The number of anilines is 2. The summed E-state index contributed by atoms with van der Waals surface area (Å²) in [6.45, 7) is 2.04. The highest BCUT2D eigenvalue weighted by atomic mass is 19.4. The van der Waals surface area contributed by atoms with Crippen molar-refractivity contribution in [1.82, 2.24) is 20.3 Å². The Hall–Kier alpha value is -2.91. The minimum Gasteiger partial charge on any atom is -0.383 e. The number of aromatic nitrogens is 3. The molecule has 0 radical (unpaired) electrons. The molecule has 0 aliphatic carbocycles. The Morgan fingerprint density at radius 1 is 1.27 bits per heavy atom. The van der Waals surface area contributed by atoms with E-state index in [2.05, 4.69) is 20.3 Å². The van der Waals surface area contributed by atoms with Crippen molar-refractivity contribution in [3.8, 4) is 11.4 Å². The summed E-state index contributed by atoms with van der Waals surface area (Å²) in [5.74, 6) is -0.214. The summed E-state index contributed by atoms with van der Waals surface area (Å²) in [6.07, 6.45) is -1.49. The van der Waals surface area contributed by atoms with Crippen LogP contribution in [-0.4, -0.2) is 39.6 Å². The average Bonchev–Trinajstić information content (AvgIpc) is 2.57. The molecule has 0 spiro atoms. The van der Waals surface area contributed by atoms with E-state index in [1.54, 1.807) is 26.0 Å². The van der Waals surface area contributed by atoms with Crippen LogP contribution in [0.5, 0.6) is 0 Å². The summed E-state index contributed by atoms with van der Waals surface area (Å²) in [5, 5.41) is 4.73. The topological polar surface area (TPSA) is 106 Å². The molecule has 146 valence electrons. The van der Waals surface area contributed by atoms with E-state index in [9.17, 15) is 18.0 Å². The van der Waals surface area contributed by atoms with Crippen LogP contribution in [0.25, 0.3) is 11.4 Å². The predicted molar refractivity (Wildman–Crippen MR) is 97.3 cm³/mol. The minimum atomic E-state index is -4.48. The summed E-state index contributed by atoms with van der Waals surface area (Å²) in [5.41, 5.74) is 6.31. The van der Waals surface area contributed by atoms with Crippen molar-refractivity contribution in [2.75, 3.05) is 17.6 Å². The van der Waals surface area contributed by atoms with Crippen molar-refractivity contribution in [2.24, 2.45) is 5.92 Å². The second-order valence-electron chi connectivity index (χ2n) is 5.90. The molecular formula is C16H25F3N6O. The minimum absolute atomic E-state index is 0. The van der Waals surface area contributed by atoms with Gasteiger partial charge >= 0.3 is 6.18 Å². The number of carbonyl (C=O) groups is 1. The molecule has 2 rings (SSSR count). The highest BCUT2D eigenvalue weighted by molar-refractivity contribution is 5.84. The van der Waals surface area contributed by atoms with Crippen molar-refractivity contribution in [3.05, 3.63) is 30.6 Å². The van der Waals surface area contributed by atoms with Crippen LogP contribution in [0, 0.1) is 5.92 Å². The van der Waals surface area contributed by atoms with Gasteiger partial charge in [0.2, 0.25) is 5.91 Å². The lowest BCUT2D eigenvalue weighted by Crippen LogP contribution is -2.46. The van der Waals surface area contributed by atoms with Crippen LogP contribution in [0.3, 0.4) is 0 Å². The largest absolute Gasteiger partial charge is 0.405 e. The third-order valence-corrected chi connectivity index (χ3v) is 3.45. The molecule has 0 fully saturated rings. The lowest BCUT2D eigenvalue weighted by molar-refractivity contribution is -0.139. The zero-order valence-electron chi connectivity index (χ0n) is 14.2. The fourth-order valence-corrected chi connectivity index (χ4v) is 2.17. The van der Waals surface area contributed by atoms with Crippen molar-refractivity contribution in [2.45, 2.75) is 26.1 Å². The van der Waals surface area contributed by atoms with Gasteiger partial charge in [0.25, 0.3) is 0 Å². The molecule has 26 heavy (non-hydrogen) atoms. The van der Waals surface area contributed by atoms with Crippen LogP contribution >= 0.6 is 0 Å².